The van der Waals surface area contributed by atoms with Gasteiger partial charge in [0.05, 0.1) is 12.3 Å². The van der Waals surface area contributed by atoms with Crippen molar-refractivity contribution < 1.29 is 9.53 Å². The Balaban J connectivity index is 1.56. The molecule has 0 bridgehead atoms. The van der Waals surface area contributed by atoms with Crippen molar-refractivity contribution in [2.45, 2.75) is 45.1 Å². The van der Waals surface area contributed by atoms with Crippen LogP contribution in [-0.2, 0) is 4.79 Å². The summed E-state index contributed by atoms with van der Waals surface area (Å²) in [4.78, 5) is 13.5. The summed E-state index contributed by atoms with van der Waals surface area (Å²) in [5.41, 5.74) is 4.00. The van der Waals surface area contributed by atoms with E-state index in [2.05, 4.69) is 32.9 Å². The summed E-state index contributed by atoms with van der Waals surface area (Å²) in [6, 6.07) is 28.1. The maximum absolute atomic E-state index is 13.5. The molecule has 1 aliphatic heterocycles. The van der Waals surface area contributed by atoms with E-state index in [0.717, 1.165) is 29.0 Å². The third-order valence-electron chi connectivity index (χ3n) is 5.89. The van der Waals surface area contributed by atoms with Crippen LogP contribution in [0.1, 0.15) is 55.7 Å². The topological polar surface area (TPSA) is 41.9 Å². The summed E-state index contributed by atoms with van der Waals surface area (Å²) in [6.07, 6.45) is 0.640. The van der Waals surface area contributed by atoms with Crippen molar-refractivity contribution in [2.75, 3.05) is 6.54 Å². The third kappa shape index (κ3) is 4.75. The highest BCUT2D eigenvalue weighted by Crippen LogP contribution is 2.30. The lowest BCUT2D eigenvalue weighted by Gasteiger charge is -2.22. The van der Waals surface area contributed by atoms with Crippen molar-refractivity contribution >= 4 is 11.6 Å². The molecule has 4 nitrogen and oxygen atoms in total. The van der Waals surface area contributed by atoms with Crippen LogP contribution in [0.2, 0.25) is 0 Å². The minimum atomic E-state index is -0.401. The Labute approximate surface area is 190 Å². The highest BCUT2D eigenvalue weighted by Gasteiger charge is 2.38. The second kappa shape index (κ2) is 9.82. The van der Waals surface area contributed by atoms with Gasteiger partial charge in [-0.3, -0.25) is 4.79 Å². The van der Waals surface area contributed by atoms with Gasteiger partial charge in [-0.2, -0.15) is 5.10 Å². The molecule has 164 valence electrons. The van der Waals surface area contributed by atoms with Gasteiger partial charge in [0.25, 0.3) is 5.91 Å². The van der Waals surface area contributed by atoms with Crippen molar-refractivity contribution in [2.24, 2.45) is 5.10 Å². The number of benzene rings is 3. The molecule has 0 N–H and O–H groups in total. The smallest absolute Gasteiger partial charge is 0.256 e. The lowest BCUT2D eigenvalue weighted by molar-refractivity contribution is -0.131. The van der Waals surface area contributed by atoms with Crippen LogP contribution >= 0.6 is 0 Å². The van der Waals surface area contributed by atoms with Crippen LogP contribution in [0.15, 0.2) is 90.0 Å². The minimum absolute atomic E-state index is 0.00717. The molecule has 0 spiro atoms. The Morgan fingerprint density at radius 1 is 0.906 bits per heavy atom. The number of amides is 1. The van der Waals surface area contributed by atoms with Gasteiger partial charge in [0, 0.05) is 0 Å². The molecule has 2 atom stereocenters. The minimum Gasteiger partial charge on any atom is -0.489 e. The molecule has 1 heterocycles. The maximum atomic E-state index is 13.5. The normalized spacial score (nSPS) is 16.9. The van der Waals surface area contributed by atoms with E-state index in [9.17, 15) is 4.79 Å². The van der Waals surface area contributed by atoms with E-state index in [1.165, 1.54) is 5.56 Å². The predicted molar refractivity (Wildman–Crippen MR) is 129 cm³/mol. The number of ether oxygens (including phenoxy) is 1. The van der Waals surface area contributed by atoms with Crippen LogP contribution in [-0.4, -0.2) is 29.3 Å². The Kier molecular flexibility index (Phi) is 6.69. The fourth-order valence-corrected chi connectivity index (χ4v) is 3.98. The summed E-state index contributed by atoms with van der Waals surface area (Å²) in [5.74, 6) is 0.891. The van der Waals surface area contributed by atoms with Crippen LogP contribution in [0.5, 0.6) is 5.75 Å². The second-order valence-corrected chi connectivity index (χ2v) is 8.49. The predicted octanol–water partition coefficient (Wildman–Crippen LogP) is 6.00. The fraction of sp³-hybridized carbons (Fsp3) is 0.286. The molecule has 0 saturated heterocycles. The first kappa shape index (κ1) is 21.8. The van der Waals surface area contributed by atoms with E-state index < -0.39 is 5.92 Å². The summed E-state index contributed by atoms with van der Waals surface area (Å²) in [5, 5.41) is 6.38. The van der Waals surface area contributed by atoms with Gasteiger partial charge in [-0.1, -0.05) is 93.6 Å². The van der Waals surface area contributed by atoms with Crippen LogP contribution in [0.4, 0.5) is 0 Å². The number of hydrazone groups is 1. The van der Waals surface area contributed by atoms with Gasteiger partial charge in [-0.05, 0) is 41.2 Å². The highest BCUT2D eigenvalue weighted by atomic mass is 16.5. The molecular weight excluding hydrogens is 396 g/mol. The number of carbonyl (C=O) groups excluding carboxylic acids is 1. The van der Waals surface area contributed by atoms with Gasteiger partial charge in [0.2, 0.25) is 0 Å². The molecule has 0 aliphatic carbocycles. The fourth-order valence-electron chi connectivity index (χ4n) is 3.98. The molecule has 3 aromatic carbocycles. The molecule has 0 saturated carbocycles. The summed E-state index contributed by atoms with van der Waals surface area (Å²) >= 11 is 0. The van der Waals surface area contributed by atoms with Gasteiger partial charge >= 0.3 is 0 Å². The number of hydrogen-bond acceptors (Lipinski definition) is 3. The first-order valence-electron chi connectivity index (χ1n) is 11.3. The molecule has 4 rings (SSSR count). The summed E-state index contributed by atoms with van der Waals surface area (Å²) < 4.78 is 6.23. The van der Waals surface area contributed by atoms with Crippen LogP contribution < -0.4 is 4.74 Å². The lowest BCUT2D eigenvalue weighted by atomic mass is 9.90. The van der Waals surface area contributed by atoms with Gasteiger partial charge < -0.3 is 4.74 Å². The Hall–Kier alpha value is -3.40. The maximum Gasteiger partial charge on any atom is 0.256 e. The number of rotatable bonds is 8. The third-order valence-corrected chi connectivity index (χ3v) is 5.89. The standard InChI is InChI=1S/C28H30N2O2/c1-4-24(32-25-17-15-21(16-18-25)20(2)3)19-30-28(31)26(22-11-7-5-8-12-22)27(29-30)23-13-9-6-10-14-23/h5-18,20,24,26H,4,19H2,1-3H3. The molecule has 0 fully saturated rings. The molecule has 4 heteroatoms. The average molecular weight is 427 g/mol. The van der Waals surface area contributed by atoms with Gasteiger partial charge in [0.15, 0.2) is 0 Å². The van der Waals surface area contributed by atoms with E-state index >= 15 is 0 Å². The first-order valence-corrected chi connectivity index (χ1v) is 11.3. The summed E-state index contributed by atoms with van der Waals surface area (Å²) in [6.45, 7) is 6.84. The van der Waals surface area contributed by atoms with E-state index in [1.54, 1.807) is 5.01 Å². The first-order chi connectivity index (χ1) is 15.6. The largest absolute Gasteiger partial charge is 0.489 e. The Morgan fingerprint density at radius 3 is 2.12 bits per heavy atom. The Morgan fingerprint density at radius 2 is 1.53 bits per heavy atom. The zero-order chi connectivity index (χ0) is 22.5. The van der Waals surface area contributed by atoms with Crippen molar-refractivity contribution in [1.82, 2.24) is 5.01 Å². The molecule has 1 aliphatic rings. The van der Waals surface area contributed by atoms with Crippen LogP contribution in [0, 0.1) is 0 Å². The van der Waals surface area contributed by atoms with Crippen LogP contribution in [0.3, 0.4) is 0 Å². The number of hydrogen-bond donors (Lipinski definition) is 0. The molecule has 0 radical (unpaired) electrons. The molecule has 2 unspecified atom stereocenters. The molecule has 3 aromatic rings. The van der Waals surface area contributed by atoms with Crippen molar-refractivity contribution in [1.29, 1.82) is 0 Å². The highest BCUT2D eigenvalue weighted by molar-refractivity contribution is 6.20. The van der Waals surface area contributed by atoms with Crippen molar-refractivity contribution in [3.8, 4) is 5.75 Å². The Bertz CT molecular complexity index is 1060. The van der Waals surface area contributed by atoms with Gasteiger partial charge in [0.1, 0.15) is 17.8 Å². The zero-order valence-corrected chi connectivity index (χ0v) is 18.9. The van der Waals surface area contributed by atoms with Gasteiger partial charge in [-0.15, -0.1) is 0 Å². The van der Waals surface area contributed by atoms with E-state index in [1.807, 2.05) is 72.8 Å². The number of carbonyl (C=O) groups is 1. The van der Waals surface area contributed by atoms with E-state index in [-0.39, 0.29) is 12.0 Å². The van der Waals surface area contributed by atoms with E-state index in [4.69, 9.17) is 9.84 Å². The van der Waals surface area contributed by atoms with Crippen molar-refractivity contribution in [3.63, 3.8) is 0 Å². The van der Waals surface area contributed by atoms with Gasteiger partial charge in [-0.25, -0.2) is 5.01 Å². The summed E-state index contributed by atoms with van der Waals surface area (Å²) in [7, 11) is 0. The monoisotopic (exact) mass is 426 g/mol. The molecule has 1 amide bonds. The average Bonchev–Trinajstić information content (AvgIpc) is 3.16. The van der Waals surface area contributed by atoms with E-state index in [0.29, 0.717) is 12.5 Å². The zero-order valence-electron chi connectivity index (χ0n) is 18.9. The molecule has 32 heavy (non-hydrogen) atoms. The molecular formula is C28H30N2O2. The number of nitrogens with zero attached hydrogens (tertiary/aromatic N) is 2. The van der Waals surface area contributed by atoms with Crippen LogP contribution in [0.25, 0.3) is 0 Å². The van der Waals surface area contributed by atoms with Crippen molar-refractivity contribution in [3.05, 3.63) is 102 Å². The molecule has 0 aromatic heterocycles. The SMILES string of the molecule is CCC(CN1N=C(c2ccccc2)C(c2ccccc2)C1=O)Oc1ccc(C(C)C)cc1. The second-order valence-electron chi connectivity index (χ2n) is 8.49. The quantitative estimate of drug-likeness (QED) is 0.443. The lowest BCUT2D eigenvalue weighted by Crippen LogP contribution is -2.35.